The summed E-state index contributed by atoms with van der Waals surface area (Å²) in [7, 11) is 3.08. The smallest absolute Gasteiger partial charge is 0.325 e. The highest BCUT2D eigenvalue weighted by molar-refractivity contribution is 5.76. The average molecular weight is 267 g/mol. The summed E-state index contributed by atoms with van der Waals surface area (Å²) in [4.78, 5) is 11.4. The third-order valence-corrected chi connectivity index (χ3v) is 2.83. The van der Waals surface area contributed by atoms with Crippen LogP contribution in [-0.2, 0) is 4.79 Å². The number of carboxylic acids is 1. The molecule has 5 nitrogen and oxygen atoms in total. The van der Waals surface area contributed by atoms with Gasteiger partial charge in [0.15, 0.2) is 11.5 Å². The van der Waals surface area contributed by atoms with Crippen LogP contribution >= 0.6 is 0 Å². The molecule has 0 spiro atoms. The molecular weight excluding hydrogens is 246 g/mol. The van der Waals surface area contributed by atoms with Crippen molar-refractivity contribution in [2.45, 2.75) is 32.9 Å². The van der Waals surface area contributed by atoms with Gasteiger partial charge in [-0.3, -0.25) is 10.1 Å². The summed E-state index contributed by atoms with van der Waals surface area (Å²) in [6.45, 7) is 5.67. The van der Waals surface area contributed by atoms with Crippen LogP contribution in [0.2, 0.25) is 0 Å². The molecule has 19 heavy (non-hydrogen) atoms. The van der Waals surface area contributed by atoms with E-state index in [4.69, 9.17) is 9.47 Å². The Hall–Kier alpha value is -1.75. The van der Waals surface area contributed by atoms with E-state index in [1.165, 1.54) is 7.11 Å². The van der Waals surface area contributed by atoms with Crippen LogP contribution in [0.3, 0.4) is 0 Å². The molecule has 0 aliphatic carbocycles. The maximum atomic E-state index is 11.4. The van der Waals surface area contributed by atoms with E-state index in [-0.39, 0.29) is 6.04 Å². The Morgan fingerprint density at radius 2 is 1.74 bits per heavy atom. The van der Waals surface area contributed by atoms with Gasteiger partial charge >= 0.3 is 5.97 Å². The number of rotatable bonds is 6. The molecule has 1 atom stereocenters. The first kappa shape index (κ1) is 15.3. The summed E-state index contributed by atoms with van der Waals surface area (Å²) in [6, 6.07) is 2.79. The summed E-state index contributed by atoms with van der Waals surface area (Å²) >= 11 is 0. The molecule has 106 valence electrons. The van der Waals surface area contributed by atoms with Crippen molar-refractivity contribution < 1.29 is 19.4 Å². The zero-order valence-corrected chi connectivity index (χ0v) is 12.0. The van der Waals surface area contributed by atoms with E-state index in [0.717, 1.165) is 5.56 Å². The van der Waals surface area contributed by atoms with Crippen molar-refractivity contribution in [1.29, 1.82) is 0 Å². The number of carboxylic acid groups (broad SMARTS) is 1. The minimum absolute atomic E-state index is 0.0635. The predicted molar refractivity (Wildman–Crippen MR) is 72.9 cm³/mol. The van der Waals surface area contributed by atoms with Gasteiger partial charge in [0.2, 0.25) is 0 Å². The van der Waals surface area contributed by atoms with Gasteiger partial charge in [0.25, 0.3) is 0 Å². The van der Waals surface area contributed by atoms with Crippen LogP contribution in [0, 0.1) is 6.92 Å². The van der Waals surface area contributed by atoms with Crippen molar-refractivity contribution in [1.82, 2.24) is 5.32 Å². The molecule has 2 N–H and O–H groups in total. The van der Waals surface area contributed by atoms with Crippen molar-refractivity contribution in [2.24, 2.45) is 0 Å². The van der Waals surface area contributed by atoms with Gasteiger partial charge in [-0.15, -0.1) is 0 Å². The number of hydrogen-bond donors (Lipinski definition) is 2. The van der Waals surface area contributed by atoms with Crippen LogP contribution in [0.25, 0.3) is 0 Å². The lowest BCUT2D eigenvalue weighted by Crippen LogP contribution is -2.34. The summed E-state index contributed by atoms with van der Waals surface area (Å²) in [5, 5.41) is 12.4. The van der Waals surface area contributed by atoms with Gasteiger partial charge < -0.3 is 14.6 Å². The first-order valence-electron chi connectivity index (χ1n) is 6.12. The van der Waals surface area contributed by atoms with E-state index >= 15 is 0 Å². The minimum Gasteiger partial charge on any atom is -0.493 e. The highest BCUT2D eigenvalue weighted by atomic mass is 16.5. The predicted octanol–water partition coefficient (Wildman–Crippen LogP) is 2.14. The SMILES string of the molecule is COc1cc(C)c(C(NC(C)C)C(=O)O)cc1OC. The second-order valence-corrected chi connectivity index (χ2v) is 4.66. The van der Waals surface area contributed by atoms with E-state index in [9.17, 15) is 9.90 Å². The Morgan fingerprint density at radius 1 is 1.21 bits per heavy atom. The van der Waals surface area contributed by atoms with Crippen LogP contribution in [0.4, 0.5) is 0 Å². The lowest BCUT2D eigenvalue weighted by molar-refractivity contribution is -0.139. The topological polar surface area (TPSA) is 67.8 Å². The molecule has 1 aromatic rings. The first-order chi connectivity index (χ1) is 8.90. The Balaban J connectivity index is 3.26. The van der Waals surface area contributed by atoms with Crippen molar-refractivity contribution >= 4 is 5.97 Å². The van der Waals surface area contributed by atoms with Crippen LogP contribution in [-0.4, -0.2) is 31.3 Å². The third kappa shape index (κ3) is 3.61. The summed E-state index contributed by atoms with van der Waals surface area (Å²) in [5.41, 5.74) is 1.53. The number of benzene rings is 1. The molecule has 5 heteroatoms. The van der Waals surface area contributed by atoms with Crippen LogP contribution in [0.15, 0.2) is 12.1 Å². The third-order valence-electron chi connectivity index (χ3n) is 2.83. The zero-order valence-electron chi connectivity index (χ0n) is 12.0. The van der Waals surface area contributed by atoms with Gasteiger partial charge in [-0.05, 0) is 44.0 Å². The number of methoxy groups -OCH3 is 2. The van der Waals surface area contributed by atoms with Crippen LogP contribution in [0.5, 0.6) is 11.5 Å². The van der Waals surface area contributed by atoms with Gasteiger partial charge in [-0.1, -0.05) is 0 Å². The van der Waals surface area contributed by atoms with E-state index in [1.54, 1.807) is 19.2 Å². The first-order valence-corrected chi connectivity index (χ1v) is 6.12. The monoisotopic (exact) mass is 267 g/mol. The highest BCUT2D eigenvalue weighted by Crippen LogP contribution is 2.33. The van der Waals surface area contributed by atoms with Gasteiger partial charge in [0.1, 0.15) is 6.04 Å². The van der Waals surface area contributed by atoms with E-state index in [2.05, 4.69) is 5.32 Å². The molecule has 0 heterocycles. The molecule has 1 aromatic carbocycles. The Kier molecular flexibility index (Phi) is 5.18. The van der Waals surface area contributed by atoms with Gasteiger partial charge in [0.05, 0.1) is 14.2 Å². The molecule has 1 unspecified atom stereocenters. The number of hydrogen-bond acceptors (Lipinski definition) is 4. The van der Waals surface area contributed by atoms with Crippen molar-refractivity contribution in [3.05, 3.63) is 23.3 Å². The molecule has 0 saturated heterocycles. The second-order valence-electron chi connectivity index (χ2n) is 4.66. The summed E-state index contributed by atoms with van der Waals surface area (Å²) in [6.07, 6.45) is 0. The molecule has 0 aliphatic rings. The maximum Gasteiger partial charge on any atom is 0.325 e. The van der Waals surface area contributed by atoms with Crippen LogP contribution < -0.4 is 14.8 Å². The zero-order chi connectivity index (χ0) is 14.6. The van der Waals surface area contributed by atoms with E-state index in [1.807, 2.05) is 20.8 Å². The van der Waals surface area contributed by atoms with Crippen molar-refractivity contribution in [2.75, 3.05) is 14.2 Å². The summed E-state index contributed by atoms with van der Waals surface area (Å²) in [5.74, 6) is 0.210. The normalized spacial score (nSPS) is 12.3. The number of nitrogens with one attached hydrogen (secondary N) is 1. The van der Waals surface area contributed by atoms with E-state index < -0.39 is 12.0 Å². The molecule has 0 amide bonds. The fourth-order valence-electron chi connectivity index (χ4n) is 1.93. The van der Waals surface area contributed by atoms with Crippen molar-refractivity contribution in [3.63, 3.8) is 0 Å². The molecule has 0 saturated carbocycles. The quantitative estimate of drug-likeness (QED) is 0.826. The van der Waals surface area contributed by atoms with Gasteiger partial charge in [0, 0.05) is 6.04 Å². The molecule has 0 radical (unpaired) electrons. The van der Waals surface area contributed by atoms with Crippen molar-refractivity contribution in [3.8, 4) is 11.5 Å². The summed E-state index contributed by atoms with van der Waals surface area (Å²) < 4.78 is 10.4. The van der Waals surface area contributed by atoms with Gasteiger partial charge in [-0.2, -0.15) is 0 Å². The fourth-order valence-corrected chi connectivity index (χ4v) is 1.93. The maximum absolute atomic E-state index is 11.4. The van der Waals surface area contributed by atoms with Crippen LogP contribution in [0.1, 0.15) is 31.0 Å². The lowest BCUT2D eigenvalue weighted by atomic mass is 9.99. The number of carbonyl (C=O) groups is 1. The standard InChI is InChI=1S/C14H21NO4/c1-8(2)15-13(14(16)17)10-7-12(19-5)11(18-4)6-9(10)3/h6-8,13,15H,1-5H3,(H,16,17). The Bertz CT molecular complexity index is 457. The van der Waals surface area contributed by atoms with Gasteiger partial charge in [-0.25, -0.2) is 0 Å². The Labute approximate surface area is 113 Å². The fraction of sp³-hybridized carbons (Fsp3) is 0.500. The second kappa shape index (κ2) is 6.43. The molecule has 1 rings (SSSR count). The largest absolute Gasteiger partial charge is 0.493 e. The number of ether oxygens (including phenoxy) is 2. The number of aryl methyl sites for hydroxylation is 1. The average Bonchev–Trinajstić information content (AvgIpc) is 2.35. The lowest BCUT2D eigenvalue weighted by Gasteiger charge is -2.21. The molecule has 0 aliphatic heterocycles. The van der Waals surface area contributed by atoms with E-state index in [0.29, 0.717) is 17.1 Å². The highest BCUT2D eigenvalue weighted by Gasteiger charge is 2.24. The number of aliphatic carboxylic acids is 1. The molecule has 0 fully saturated rings. The Morgan fingerprint density at radius 3 is 2.16 bits per heavy atom. The molecule has 0 aromatic heterocycles. The molecule has 0 bridgehead atoms. The minimum atomic E-state index is -0.913. The molecular formula is C14H21NO4.